The lowest BCUT2D eigenvalue weighted by atomic mass is 9.82. The topological polar surface area (TPSA) is 37.8 Å². The van der Waals surface area contributed by atoms with Crippen LogP contribution in [0.25, 0.3) is 0 Å². The van der Waals surface area contributed by atoms with Crippen LogP contribution in [-0.2, 0) is 6.54 Å². The Morgan fingerprint density at radius 2 is 2.00 bits per heavy atom. The van der Waals surface area contributed by atoms with Crippen LogP contribution >= 0.6 is 0 Å². The Morgan fingerprint density at radius 1 is 1.29 bits per heavy atom. The van der Waals surface area contributed by atoms with Crippen LogP contribution < -0.4 is 5.32 Å². The number of aryl methyl sites for hydroxylation is 1. The summed E-state index contributed by atoms with van der Waals surface area (Å²) in [6, 6.07) is 0. The van der Waals surface area contributed by atoms with Crippen molar-refractivity contribution in [3.05, 3.63) is 23.3 Å². The van der Waals surface area contributed by atoms with Crippen LogP contribution in [0.2, 0.25) is 0 Å². The van der Waals surface area contributed by atoms with Gasteiger partial charge in [-0.3, -0.25) is 0 Å². The molecule has 0 aliphatic heterocycles. The Balaban J connectivity index is 2.09. The van der Waals surface area contributed by atoms with Crippen LogP contribution in [0.3, 0.4) is 0 Å². The maximum atomic E-state index is 4.69. The van der Waals surface area contributed by atoms with E-state index in [9.17, 15) is 0 Å². The van der Waals surface area contributed by atoms with Crippen molar-refractivity contribution in [1.82, 2.24) is 15.3 Å². The number of rotatable bonds is 3. The fourth-order valence-electron chi connectivity index (χ4n) is 2.59. The lowest BCUT2D eigenvalue weighted by Crippen LogP contribution is -2.15. The molecule has 3 nitrogen and oxygen atoms in total. The van der Waals surface area contributed by atoms with Gasteiger partial charge < -0.3 is 5.32 Å². The highest BCUT2D eigenvalue weighted by molar-refractivity contribution is 5.17. The largest absolute Gasteiger partial charge is 0.316 e. The number of nitrogens with zero attached hydrogens (tertiary/aromatic N) is 2. The molecule has 2 rings (SSSR count). The van der Waals surface area contributed by atoms with E-state index in [0.717, 1.165) is 24.0 Å². The van der Waals surface area contributed by atoms with Crippen molar-refractivity contribution < 1.29 is 0 Å². The zero-order chi connectivity index (χ0) is 12.3. The Kier molecular flexibility index (Phi) is 4.11. The molecular formula is C14H23N3. The van der Waals surface area contributed by atoms with Crippen LogP contribution in [0.15, 0.2) is 6.20 Å². The van der Waals surface area contributed by atoms with Gasteiger partial charge in [-0.15, -0.1) is 0 Å². The van der Waals surface area contributed by atoms with Crippen molar-refractivity contribution in [3.8, 4) is 0 Å². The maximum Gasteiger partial charge on any atom is 0.131 e. The molecule has 0 amide bonds. The van der Waals surface area contributed by atoms with E-state index in [1.165, 1.54) is 31.2 Å². The monoisotopic (exact) mass is 233 g/mol. The molecule has 0 bridgehead atoms. The summed E-state index contributed by atoms with van der Waals surface area (Å²) in [5.41, 5.74) is 2.34. The molecule has 1 aliphatic carbocycles. The van der Waals surface area contributed by atoms with Gasteiger partial charge >= 0.3 is 0 Å². The predicted molar refractivity (Wildman–Crippen MR) is 69.9 cm³/mol. The van der Waals surface area contributed by atoms with Crippen molar-refractivity contribution in [2.45, 2.75) is 52.0 Å². The first-order chi connectivity index (χ1) is 8.20. The second kappa shape index (κ2) is 5.58. The molecule has 1 saturated carbocycles. The molecule has 1 aromatic heterocycles. The SMILES string of the molecule is CNCc1cnc(C2CCC(C)CC2)nc1C. The van der Waals surface area contributed by atoms with Gasteiger partial charge in [0.2, 0.25) is 0 Å². The second-order valence-corrected chi connectivity index (χ2v) is 5.33. The normalized spacial score (nSPS) is 24.9. The van der Waals surface area contributed by atoms with Crippen LogP contribution in [0.4, 0.5) is 0 Å². The molecule has 0 atom stereocenters. The van der Waals surface area contributed by atoms with Gasteiger partial charge in [-0.1, -0.05) is 19.8 Å². The van der Waals surface area contributed by atoms with Gasteiger partial charge in [-0.2, -0.15) is 0 Å². The number of nitrogens with one attached hydrogen (secondary N) is 1. The fourth-order valence-corrected chi connectivity index (χ4v) is 2.59. The van der Waals surface area contributed by atoms with Gasteiger partial charge in [-0.25, -0.2) is 9.97 Å². The van der Waals surface area contributed by atoms with Gasteiger partial charge in [0.05, 0.1) is 0 Å². The van der Waals surface area contributed by atoms with Crippen molar-refractivity contribution in [3.63, 3.8) is 0 Å². The summed E-state index contributed by atoms with van der Waals surface area (Å²) in [6.07, 6.45) is 7.15. The molecule has 3 heteroatoms. The highest BCUT2D eigenvalue weighted by Crippen LogP contribution is 2.33. The summed E-state index contributed by atoms with van der Waals surface area (Å²) >= 11 is 0. The average Bonchev–Trinajstić information content (AvgIpc) is 2.33. The second-order valence-electron chi connectivity index (χ2n) is 5.33. The molecule has 0 unspecified atom stereocenters. The van der Waals surface area contributed by atoms with Crippen molar-refractivity contribution >= 4 is 0 Å². The van der Waals surface area contributed by atoms with Gasteiger partial charge in [-0.05, 0) is 32.7 Å². The third kappa shape index (κ3) is 3.03. The van der Waals surface area contributed by atoms with Crippen molar-refractivity contribution in [2.75, 3.05) is 7.05 Å². The molecule has 0 aromatic carbocycles. The van der Waals surface area contributed by atoms with Gasteiger partial charge in [0.25, 0.3) is 0 Å². The number of hydrogen-bond acceptors (Lipinski definition) is 3. The first kappa shape index (κ1) is 12.5. The van der Waals surface area contributed by atoms with E-state index in [-0.39, 0.29) is 0 Å². The average molecular weight is 233 g/mol. The minimum Gasteiger partial charge on any atom is -0.316 e. The van der Waals surface area contributed by atoms with E-state index >= 15 is 0 Å². The smallest absolute Gasteiger partial charge is 0.131 e. The standard InChI is InChI=1S/C14H23N3/c1-10-4-6-12(7-5-10)14-16-9-13(8-15-3)11(2)17-14/h9-10,12,15H,4-8H2,1-3H3. The first-order valence-electron chi connectivity index (χ1n) is 6.67. The Morgan fingerprint density at radius 3 is 2.59 bits per heavy atom. The van der Waals surface area contributed by atoms with E-state index in [1.54, 1.807) is 0 Å². The number of aromatic nitrogens is 2. The summed E-state index contributed by atoms with van der Waals surface area (Å²) in [5.74, 6) is 2.54. The zero-order valence-corrected chi connectivity index (χ0v) is 11.2. The molecule has 1 N–H and O–H groups in total. The zero-order valence-electron chi connectivity index (χ0n) is 11.2. The lowest BCUT2D eigenvalue weighted by molar-refractivity contribution is 0.339. The Bertz CT molecular complexity index is 368. The van der Waals surface area contributed by atoms with E-state index in [0.29, 0.717) is 5.92 Å². The molecule has 0 spiro atoms. The van der Waals surface area contributed by atoms with Crippen LogP contribution in [0.5, 0.6) is 0 Å². The van der Waals surface area contributed by atoms with E-state index in [2.05, 4.69) is 29.1 Å². The summed E-state index contributed by atoms with van der Waals surface area (Å²) in [5, 5.41) is 3.15. The molecule has 1 aliphatic rings. The summed E-state index contributed by atoms with van der Waals surface area (Å²) in [4.78, 5) is 9.25. The van der Waals surface area contributed by atoms with Gasteiger partial charge in [0.1, 0.15) is 5.82 Å². The van der Waals surface area contributed by atoms with Crippen molar-refractivity contribution in [1.29, 1.82) is 0 Å². The lowest BCUT2D eigenvalue weighted by Gasteiger charge is -2.25. The highest BCUT2D eigenvalue weighted by atomic mass is 14.9. The molecule has 1 heterocycles. The summed E-state index contributed by atoms with van der Waals surface area (Å²) in [6.45, 7) is 5.29. The molecule has 1 fully saturated rings. The molecule has 1 aromatic rings. The minimum atomic E-state index is 0.591. The van der Waals surface area contributed by atoms with E-state index in [1.807, 2.05) is 13.2 Å². The molecule has 0 saturated heterocycles. The molecule has 94 valence electrons. The first-order valence-corrected chi connectivity index (χ1v) is 6.67. The van der Waals surface area contributed by atoms with Crippen molar-refractivity contribution in [2.24, 2.45) is 5.92 Å². The number of hydrogen-bond donors (Lipinski definition) is 1. The molecular weight excluding hydrogens is 210 g/mol. The van der Waals surface area contributed by atoms with Gasteiger partial charge in [0, 0.05) is 29.9 Å². The van der Waals surface area contributed by atoms with Crippen LogP contribution in [0, 0.1) is 12.8 Å². The summed E-state index contributed by atoms with van der Waals surface area (Å²) < 4.78 is 0. The minimum absolute atomic E-state index is 0.591. The predicted octanol–water partition coefficient (Wildman–Crippen LogP) is 2.80. The fraction of sp³-hybridized carbons (Fsp3) is 0.714. The van der Waals surface area contributed by atoms with Crippen LogP contribution in [-0.4, -0.2) is 17.0 Å². The summed E-state index contributed by atoms with van der Waals surface area (Å²) in [7, 11) is 1.95. The van der Waals surface area contributed by atoms with Crippen LogP contribution in [0.1, 0.15) is 55.6 Å². The molecule has 17 heavy (non-hydrogen) atoms. The third-order valence-electron chi connectivity index (χ3n) is 3.85. The van der Waals surface area contributed by atoms with E-state index < -0.39 is 0 Å². The van der Waals surface area contributed by atoms with Gasteiger partial charge in [0.15, 0.2) is 0 Å². The van der Waals surface area contributed by atoms with E-state index in [4.69, 9.17) is 0 Å². The Hall–Kier alpha value is -0.960. The quantitative estimate of drug-likeness (QED) is 0.872. The Labute approximate surface area is 104 Å². The highest BCUT2D eigenvalue weighted by Gasteiger charge is 2.22. The molecule has 0 radical (unpaired) electrons. The maximum absolute atomic E-state index is 4.69. The third-order valence-corrected chi connectivity index (χ3v) is 3.85.